The number of aromatic carboxylic acids is 2. The Morgan fingerprint density at radius 1 is 1.00 bits per heavy atom. The minimum atomic E-state index is -1.28. The highest BCUT2D eigenvalue weighted by Crippen LogP contribution is 2.14. The van der Waals surface area contributed by atoms with Gasteiger partial charge in [0.05, 0.1) is 43.5 Å². The highest BCUT2D eigenvalue weighted by Gasteiger charge is 2.01. The lowest BCUT2D eigenvalue weighted by Gasteiger charge is -2.14. The van der Waals surface area contributed by atoms with Gasteiger partial charge in [-0.05, 0) is 35.9 Å². The number of hydrogen-bond acceptors (Lipinski definition) is 8. The fraction of sp³-hybridized carbons (Fsp3) is 0.222. The molecule has 0 fully saturated rings. The van der Waals surface area contributed by atoms with Crippen LogP contribution in [0.4, 0.5) is 11.4 Å². The average Bonchev–Trinajstić information content (AvgIpc) is 2.67. The second-order valence-electron chi connectivity index (χ2n) is 5.36. The Morgan fingerprint density at radius 2 is 1.61 bits per heavy atom. The van der Waals surface area contributed by atoms with Gasteiger partial charge >= 0.3 is 5.97 Å². The number of hydrogen-bond donors (Lipinski definition) is 4. The number of carbonyl (C=O) groups excluding carboxylic acids is 1. The lowest BCUT2D eigenvalue weighted by molar-refractivity contribution is -0.255. The van der Waals surface area contributed by atoms with Crippen molar-refractivity contribution < 1.29 is 30.0 Å². The Morgan fingerprint density at radius 3 is 2.11 bits per heavy atom. The van der Waals surface area contributed by atoms with Crippen LogP contribution in [0.2, 0.25) is 0 Å². The van der Waals surface area contributed by atoms with Crippen molar-refractivity contribution in [2.24, 2.45) is 10.3 Å². The molecule has 0 heterocycles. The first-order chi connectivity index (χ1) is 13.4. The molecule has 2 aromatic carbocycles. The summed E-state index contributed by atoms with van der Waals surface area (Å²) in [5.41, 5.74) is 6.40. The molecule has 0 aromatic heterocycles. The molecule has 0 atom stereocenters. The summed E-state index contributed by atoms with van der Waals surface area (Å²) in [7, 11) is 0. The van der Waals surface area contributed by atoms with Crippen molar-refractivity contribution in [3.63, 3.8) is 0 Å². The number of nitrogens with two attached hydrogens (primary N) is 1. The van der Waals surface area contributed by atoms with Gasteiger partial charge in [0.1, 0.15) is 0 Å². The summed E-state index contributed by atoms with van der Waals surface area (Å²) >= 11 is 0. The standard InChI is InChI=1S/C11H15N3O4.C7H7NO2/c15-6-4-14(5-7-16)13-12-10-3-1-2-9(8-10)11(17)18;8-6-3-1-2-5(4-6)7(9)10/h1-3,8,15-16H,4-7H2,(H,17,18);1-4H,8H2,(H,9,10)/p-1. The molecular weight excluding hydrogens is 368 g/mol. The number of carboxylic acid groups (broad SMARTS) is 2. The number of aliphatic hydroxyl groups is 2. The number of aliphatic hydroxyl groups excluding tert-OH is 2. The normalized spacial score (nSPS) is 10.2. The van der Waals surface area contributed by atoms with Crippen molar-refractivity contribution in [3.05, 3.63) is 59.7 Å². The lowest BCUT2D eigenvalue weighted by atomic mass is 10.2. The zero-order chi connectivity index (χ0) is 20.9. The molecule has 0 radical (unpaired) electrons. The van der Waals surface area contributed by atoms with Crippen molar-refractivity contribution in [3.8, 4) is 0 Å². The van der Waals surface area contributed by atoms with Gasteiger partial charge in [-0.25, -0.2) is 4.79 Å². The SMILES string of the molecule is Nc1cccc(C(=O)O)c1.O=C([O-])c1cccc(N=NN(CCO)CCO)c1. The van der Waals surface area contributed by atoms with Crippen LogP contribution in [0.5, 0.6) is 0 Å². The topological polar surface area (TPSA) is 172 Å². The second kappa shape index (κ2) is 12.0. The van der Waals surface area contributed by atoms with Crippen LogP contribution in [-0.2, 0) is 0 Å². The van der Waals surface area contributed by atoms with Crippen LogP contribution in [0, 0.1) is 0 Å². The number of nitrogen functional groups attached to an aromatic ring is 1. The zero-order valence-electron chi connectivity index (χ0n) is 14.9. The second-order valence-corrected chi connectivity index (χ2v) is 5.36. The fourth-order valence-corrected chi connectivity index (χ4v) is 1.91. The van der Waals surface area contributed by atoms with Crippen LogP contribution < -0.4 is 10.8 Å². The van der Waals surface area contributed by atoms with Gasteiger partial charge in [0.2, 0.25) is 0 Å². The van der Waals surface area contributed by atoms with Crippen LogP contribution in [0.15, 0.2) is 58.9 Å². The van der Waals surface area contributed by atoms with Crippen molar-refractivity contribution in [1.82, 2.24) is 5.01 Å². The van der Waals surface area contributed by atoms with Gasteiger partial charge in [-0.3, -0.25) is 5.01 Å². The van der Waals surface area contributed by atoms with E-state index in [2.05, 4.69) is 10.3 Å². The summed E-state index contributed by atoms with van der Waals surface area (Å²) in [4.78, 5) is 20.9. The highest BCUT2D eigenvalue weighted by molar-refractivity contribution is 5.88. The van der Waals surface area contributed by atoms with Gasteiger partial charge in [-0.2, -0.15) is 0 Å². The van der Waals surface area contributed by atoms with Crippen LogP contribution in [0.1, 0.15) is 20.7 Å². The van der Waals surface area contributed by atoms with Crippen LogP contribution in [-0.4, -0.2) is 58.6 Å². The maximum absolute atomic E-state index is 10.6. The number of anilines is 1. The predicted molar refractivity (Wildman–Crippen MR) is 98.8 cm³/mol. The maximum atomic E-state index is 10.6. The van der Waals surface area contributed by atoms with Crippen LogP contribution in [0.3, 0.4) is 0 Å². The molecule has 0 saturated heterocycles. The van der Waals surface area contributed by atoms with Gasteiger partial charge in [-0.1, -0.05) is 23.4 Å². The number of benzene rings is 2. The molecule has 2 rings (SSSR count). The molecule has 2 aromatic rings. The molecule has 0 aliphatic rings. The van der Waals surface area contributed by atoms with E-state index in [0.29, 0.717) is 11.4 Å². The Bertz CT molecular complexity index is 806. The first-order valence-corrected chi connectivity index (χ1v) is 8.16. The van der Waals surface area contributed by atoms with E-state index in [-0.39, 0.29) is 37.4 Å². The fourth-order valence-electron chi connectivity index (χ4n) is 1.91. The number of nitrogens with zero attached hydrogens (tertiary/aromatic N) is 3. The molecule has 0 spiro atoms. The molecule has 0 saturated carbocycles. The van der Waals surface area contributed by atoms with Gasteiger partial charge in [-0.15, -0.1) is 5.11 Å². The van der Waals surface area contributed by atoms with E-state index < -0.39 is 11.9 Å². The van der Waals surface area contributed by atoms with Crippen molar-refractivity contribution in [2.45, 2.75) is 0 Å². The largest absolute Gasteiger partial charge is 0.545 e. The molecule has 150 valence electrons. The van der Waals surface area contributed by atoms with E-state index in [1.807, 2.05) is 0 Å². The lowest BCUT2D eigenvalue weighted by Crippen LogP contribution is -2.24. The van der Waals surface area contributed by atoms with Crippen LogP contribution >= 0.6 is 0 Å². The van der Waals surface area contributed by atoms with E-state index in [1.54, 1.807) is 18.2 Å². The van der Waals surface area contributed by atoms with Crippen molar-refractivity contribution in [1.29, 1.82) is 0 Å². The van der Waals surface area contributed by atoms with Crippen molar-refractivity contribution >= 4 is 23.3 Å². The summed E-state index contributed by atoms with van der Waals surface area (Å²) in [6.45, 7) is 0.255. The first kappa shape index (κ1) is 22.5. The number of rotatable bonds is 8. The Labute approximate surface area is 161 Å². The summed E-state index contributed by atoms with van der Waals surface area (Å²) in [5.74, 6) is -2.23. The molecule has 0 aliphatic carbocycles. The molecule has 0 unspecified atom stereocenters. The minimum absolute atomic E-state index is 0.0160. The number of carbonyl (C=O) groups is 2. The third kappa shape index (κ3) is 8.25. The average molecular weight is 389 g/mol. The van der Waals surface area contributed by atoms with E-state index in [0.717, 1.165) is 0 Å². The zero-order valence-corrected chi connectivity index (χ0v) is 14.9. The molecule has 0 bridgehead atoms. The van der Waals surface area contributed by atoms with E-state index in [4.69, 9.17) is 21.1 Å². The Balaban J connectivity index is 0.000000330. The maximum Gasteiger partial charge on any atom is 0.335 e. The molecule has 28 heavy (non-hydrogen) atoms. The predicted octanol–water partition coefficient (Wildman–Crippen LogP) is 0.302. The number of carboxylic acids is 2. The molecule has 10 nitrogen and oxygen atoms in total. The van der Waals surface area contributed by atoms with Crippen LogP contribution in [0.25, 0.3) is 0 Å². The Kier molecular flexibility index (Phi) is 9.65. The molecule has 5 N–H and O–H groups in total. The van der Waals surface area contributed by atoms with E-state index in [1.165, 1.54) is 35.3 Å². The van der Waals surface area contributed by atoms with E-state index >= 15 is 0 Å². The third-order valence-electron chi connectivity index (χ3n) is 3.22. The summed E-state index contributed by atoms with van der Waals surface area (Å²) in [6.07, 6.45) is 0. The quantitative estimate of drug-likeness (QED) is 0.283. The van der Waals surface area contributed by atoms with Gasteiger partial charge in [0.25, 0.3) is 0 Å². The molecule has 0 aliphatic heterocycles. The van der Waals surface area contributed by atoms with Gasteiger partial charge < -0.3 is 31.0 Å². The smallest absolute Gasteiger partial charge is 0.335 e. The monoisotopic (exact) mass is 389 g/mol. The molecule has 0 amide bonds. The molecular formula is C18H21N4O6-. The van der Waals surface area contributed by atoms with Gasteiger partial charge in [0, 0.05) is 5.69 Å². The Hall–Kier alpha value is -3.50. The molecule has 10 heteroatoms. The third-order valence-corrected chi connectivity index (χ3v) is 3.22. The first-order valence-electron chi connectivity index (χ1n) is 8.16. The summed E-state index contributed by atoms with van der Waals surface area (Å²) in [5, 5.41) is 45.6. The summed E-state index contributed by atoms with van der Waals surface area (Å²) < 4.78 is 0. The van der Waals surface area contributed by atoms with Crippen molar-refractivity contribution in [2.75, 3.05) is 32.0 Å². The van der Waals surface area contributed by atoms with E-state index in [9.17, 15) is 14.7 Å². The minimum Gasteiger partial charge on any atom is -0.545 e. The summed E-state index contributed by atoms with van der Waals surface area (Å²) in [6, 6.07) is 12.0. The highest BCUT2D eigenvalue weighted by atomic mass is 16.4. The van der Waals surface area contributed by atoms with Gasteiger partial charge in [0.15, 0.2) is 0 Å².